The third-order valence-corrected chi connectivity index (χ3v) is 7.49. The molecule has 8 heteroatoms. The second-order valence-corrected chi connectivity index (χ2v) is 10.3. The molecule has 1 fully saturated rings. The molecule has 2 aromatic carbocycles. The number of aromatic amines is 1. The van der Waals surface area contributed by atoms with Gasteiger partial charge in [0.2, 0.25) is 0 Å². The molecule has 0 aliphatic carbocycles. The maximum absolute atomic E-state index is 13.5. The van der Waals surface area contributed by atoms with Crippen LogP contribution in [0.15, 0.2) is 65.1 Å². The van der Waals surface area contributed by atoms with Crippen LogP contribution in [0, 0.1) is 6.92 Å². The number of nitrogens with one attached hydrogen (secondary N) is 1. The summed E-state index contributed by atoms with van der Waals surface area (Å²) in [7, 11) is 0. The minimum Gasteiger partial charge on any atom is -0.451 e. The molecule has 4 aromatic rings. The number of anilines is 1. The number of piperazine rings is 1. The number of nitrogens with two attached hydrogens (primary N) is 1. The van der Waals surface area contributed by atoms with E-state index in [1.165, 1.54) is 0 Å². The van der Waals surface area contributed by atoms with Crippen molar-refractivity contribution < 1.29 is 14.0 Å². The van der Waals surface area contributed by atoms with E-state index < -0.39 is 5.91 Å². The lowest BCUT2D eigenvalue weighted by molar-refractivity contribution is 0.0746. The Balaban J connectivity index is 1.14. The van der Waals surface area contributed by atoms with Crippen LogP contribution in [0.1, 0.15) is 46.4 Å². The molecule has 0 bridgehead atoms. The maximum Gasteiger partial charge on any atom is 0.284 e. The molecule has 0 saturated carbocycles. The van der Waals surface area contributed by atoms with Crippen LogP contribution in [-0.4, -0.2) is 72.4 Å². The Morgan fingerprint density at radius 3 is 2.49 bits per heavy atom. The van der Waals surface area contributed by atoms with Gasteiger partial charge in [-0.2, -0.15) is 0 Å². The van der Waals surface area contributed by atoms with Crippen LogP contribution in [0.25, 0.3) is 22.2 Å². The molecular formula is C31H37N5O3. The molecule has 0 radical (unpaired) electrons. The Labute approximate surface area is 229 Å². The standard InChI is InChI=1S/C31H37N5O3/c1-3-12-36(31(38)26-21-27(33-22(26)2)23-8-5-4-6-9-23)14-7-13-34-15-17-35(18-16-34)25-10-11-28-24(19-25)20-29(39-28)30(32)37/h4-6,8-11,19-21,33H,3,7,12-18H2,1-2H3,(H2,32,37). The first-order chi connectivity index (χ1) is 18.9. The molecule has 2 aromatic heterocycles. The van der Waals surface area contributed by atoms with E-state index >= 15 is 0 Å². The fraction of sp³-hybridized carbons (Fsp3) is 0.355. The van der Waals surface area contributed by atoms with Crippen molar-refractivity contribution in [1.82, 2.24) is 14.8 Å². The Hall–Kier alpha value is -4.04. The largest absolute Gasteiger partial charge is 0.451 e. The van der Waals surface area contributed by atoms with Gasteiger partial charge in [0.15, 0.2) is 5.76 Å². The van der Waals surface area contributed by atoms with Crippen LogP contribution in [0.5, 0.6) is 0 Å². The van der Waals surface area contributed by atoms with E-state index in [9.17, 15) is 9.59 Å². The summed E-state index contributed by atoms with van der Waals surface area (Å²) in [6.45, 7) is 10.3. The number of primary amides is 1. The van der Waals surface area contributed by atoms with Crippen LogP contribution in [0.2, 0.25) is 0 Å². The number of hydrogen-bond acceptors (Lipinski definition) is 5. The summed E-state index contributed by atoms with van der Waals surface area (Å²) in [6.07, 6.45) is 1.87. The van der Waals surface area contributed by atoms with Gasteiger partial charge in [-0.15, -0.1) is 0 Å². The molecule has 3 heterocycles. The Bertz CT molecular complexity index is 1430. The maximum atomic E-state index is 13.5. The van der Waals surface area contributed by atoms with Gasteiger partial charge >= 0.3 is 0 Å². The minimum atomic E-state index is -0.555. The van der Waals surface area contributed by atoms with E-state index in [2.05, 4.69) is 39.9 Å². The zero-order valence-corrected chi connectivity index (χ0v) is 22.8. The van der Waals surface area contributed by atoms with Crippen LogP contribution in [0.3, 0.4) is 0 Å². The van der Waals surface area contributed by atoms with Gasteiger partial charge in [0, 0.05) is 61.7 Å². The highest BCUT2D eigenvalue weighted by Gasteiger charge is 2.22. The van der Waals surface area contributed by atoms with Crippen molar-refractivity contribution in [2.24, 2.45) is 5.73 Å². The Kier molecular flexibility index (Phi) is 8.02. The van der Waals surface area contributed by atoms with Crippen molar-refractivity contribution in [2.75, 3.05) is 50.7 Å². The molecule has 1 aliphatic rings. The van der Waals surface area contributed by atoms with Crippen molar-refractivity contribution in [2.45, 2.75) is 26.7 Å². The van der Waals surface area contributed by atoms with Gasteiger partial charge in [-0.25, -0.2) is 0 Å². The number of carbonyl (C=O) groups is 2. The zero-order valence-electron chi connectivity index (χ0n) is 22.8. The number of carbonyl (C=O) groups excluding carboxylic acids is 2. The number of H-pyrrole nitrogens is 1. The lowest BCUT2D eigenvalue weighted by Crippen LogP contribution is -2.47. The van der Waals surface area contributed by atoms with Crippen molar-refractivity contribution in [3.05, 3.63) is 77.7 Å². The molecule has 39 heavy (non-hydrogen) atoms. The zero-order chi connectivity index (χ0) is 27.4. The van der Waals surface area contributed by atoms with E-state index in [-0.39, 0.29) is 11.7 Å². The Morgan fingerprint density at radius 2 is 1.77 bits per heavy atom. The molecule has 1 aliphatic heterocycles. The van der Waals surface area contributed by atoms with Gasteiger partial charge in [-0.05, 0) is 62.2 Å². The summed E-state index contributed by atoms with van der Waals surface area (Å²) in [5.41, 5.74) is 10.9. The highest BCUT2D eigenvalue weighted by Crippen LogP contribution is 2.26. The first-order valence-corrected chi connectivity index (χ1v) is 13.8. The van der Waals surface area contributed by atoms with E-state index in [4.69, 9.17) is 10.2 Å². The second-order valence-electron chi connectivity index (χ2n) is 10.3. The number of rotatable bonds is 10. The molecule has 0 atom stereocenters. The summed E-state index contributed by atoms with van der Waals surface area (Å²) in [6, 6.07) is 19.8. The molecule has 0 unspecified atom stereocenters. The predicted molar refractivity (Wildman–Crippen MR) is 155 cm³/mol. The van der Waals surface area contributed by atoms with Crippen molar-refractivity contribution in [3.8, 4) is 11.3 Å². The van der Waals surface area contributed by atoms with Crippen molar-refractivity contribution >= 4 is 28.5 Å². The average Bonchev–Trinajstić information content (AvgIpc) is 3.56. The SMILES string of the molecule is CCCN(CCCN1CCN(c2ccc3oc(C(N)=O)cc3c2)CC1)C(=O)c1cc(-c2ccccc2)[nH]c1C. The highest BCUT2D eigenvalue weighted by molar-refractivity contribution is 5.97. The van der Waals surface area contributed by atoms with Gasteiger partial charge in [0.25, 0.3) is 11.8 Å². The first kappa shape index (κ1) is 26.6. The average molecular weight is 528 g/mol. The van der Waals surface area contributed by atoms with Gasteiger partial charge in [-0.3, -0.25) is 14.5 Å². The lowest BCUT2D eigenvalue weighted by Gasteiger charge is -2.36. The number of aryl methyl sites for hydroxylation is 1. The normalized spacial score (nSPS) is 14.2. The number of amides is 2. The van der Waals surface area contributed by atoms with E-state index in [1.54, 1.807) is 6.07 Å². The number of aromatic nitrogens is 1. The molecule has 5 rings (SSSR count). The number of furan rings is 1. The van der Waals surface area contributed by atoms with E-state index in [0.717, 1.165) is 92.2 Å². The fourth-order valence-corrected chi connectivity index (χ4v) is 5.37. The summed E-state index contributed by atoms with van der Waals surface area (Å²) in [4.78, 5) is 35.1. The number of nitrogens with zero attached hydrogens (tertiary/aromatic N) is 3. The van der Waals surface area contributed by atoms with Gasteiger partial charge < -0.3 is 24.9 Å². The number of benzene rings is 2. The van der Waals surface area contributed by atoms with Crippen LogP contribution in [0.4, 0.5) is 5.69 Å². The minimum absolute atomic E-state index is 0.103. The molecule has 204 valence electrons. The predicted octanol–water partition coefficient (Wildman–Crippen LogP) is 4.90. The Morgan fingerprint density at radius 1 is 1.00 bits per heavy atom. The van der Waals surface area contributed by atoms with Gasteiger partial charge in [-0.1, -0.05) is 37.3 Å². The summed E-state index contributed by atoms with van der Waals surface area (Å²) >= 11 is 0. The summed E-state index contributed by atoms with van der Waals surface area (Å²) < 4.78 is 5.51. The van der Waals surface area contributed by atoms with Gasteiger partial charge in [0.1, 0.15) is 5.58 Å². The van der Waals surface area contributed by atoms with Crippen molar-refractivity contribution in [3.63, 3.8) is 0 Å². The van der Waals surface area contributed by atoms with Crippen LogP contribution < -0.4 is 10.6 Å². The van der Waals surface area contributed by atoms with Crippen molar-refractivity contribution in [1.29, 1.82) is 0 Å². The second kappa shape index (κ2) is 11.8. The third kappa shape index (κ3) is 6.01. The molecule has 8 nitrogen and oxygen atoms in total. The van der Waals surface area contributed by atoms with E-state index in [0.29, 0.717) is 5.58 Å². The molecule has 0 spiro atoms. The third-order valence-electron chi connectivity index (χ3n) is 7.49. The quantitative estimate of drug-likeness (QED) is 0.306. The topological polar surface area (TPSA) is 98.8 Å². The first-order valence-electron chi connectivity index (χ1n) is 13.8. The summed E-state index contributed by atoms with van der Waals surface area (Å²) in [5.74, 6) is -0.265. The number of fused-ring (bicyclic) bond motifs is 1. The van der Waals surface area contributed by atoms with Gasteiger partial charge in [0.05, 0.1) is 5.56 Å². The molecule has 3 N–H and O–H groups in total. The monoisotopic (exact) mass is 527 g/mol. The number of hydrogen-bond donors (Lipinski definition) is 2. The van der Waals surface area contributed by atoms with Crippen LogP contribution >= 0.6 is 0 Å². The summed E-state index contributed by atoms with van der Waals surface area (Å²) in [5, 5.41) is 0.887. The smallest absolute Gasteiger partial charge is 0.284 e. The molecular weight excluding hydrogens is 490 g/mol. The van der Waals surface area contributed by atoms with E-state index in [1.807, 2.05) is 48.2 Å². The lowest BCUT2D eigenvalue weighted by atomic mass is 10.1. The fourth-order valence-electron chi connectivity index (χ4n) is 5.37. The highest BCUT2D eigenvalue weighted by atomic mass is 16.3. The molecule has 1 saturated heterocycles. The molecule has 2 amide bonds. The van der Waals surface area contributed by atoms with Crippen LogP contribution in [-0.2, 0) is 0 Å².